The Hall–Kier alpha value is -1.55. The molecule has 0 fully saturated rings. The molecular formula is C11H7BrF3NO2. The SMILES string of the molecule is COC(=O)c1cc(CBr)c(C#N)c(C(F)(F)F)c1. The second kappa shape index (κ2) is 5.40. The summed E-state index contributed by atoms with van der Waals surface area (Å²) in [6.07, 6.45) is -4.70. The maximum atomic E-state index is 12.8. The summed E-state index contributed by atoms with van der Waals surface area (Å²) in [6, 6.07) is 3.33. The fraction of sp³-hybridized carbons (Fsp3) is 0.273. The van der Waals surface area contributed by atoms with Crippen molar-refractivity contribution in [2.75, 3.05) is 7.11 Å². The Kier molecular flexibility index (Phi) is 4.35. The molecule has 0 amide bonds. The molecule has 0 spiro atoms. The molecule has 1 rings (SSSR count). The van der Waals surface area contributed by atoms with Crippen LogP contribution in [0.2, 0.25) is 0 Å². The highest BCUT2D eigenvalue weighted by molar-refractivity contribution is 9.08. The first-order chi connectivity index (χ1) is 8.35. The van der Waals surface area contributed by atoms with Crippen molar-refractivity contribution in [3.05, 3.63) is 34.4 Å². The minimum Gasteiger partial charge on any atom is -0.465 e. The summed E-state index contributed by atoms with van der Waals surface area (Å²) in [5.41, 5.74) is -1.78. The summed E-state index contributed by atoms with van der Waals surface area (Å²) in [5, 5.41) is 8.82. The minimum absolute atomic E-state index is 0.0316. The van der Waals surface area contributed by atoms with Crippen molar-refractivity contribution < 1.29 is 22.7 Å². The Morgan fingerprint density at radius 2 is 2.11 bits per heavy atom. The van der Waals surface area contributed by atoms with Gasteiger partial charge in [0.1, 0.15) is 6.07 Å². The van der Waals surface area contributed by atoms with Gasteiger partial charge in [0, 0.05) is 5.33 Å². The summed E-state index contributed by atoms with van der Waals surface area (Å²) in [4.78, 5) is 11.3. The number of carbonyl (C=O) groups is 1. The Morgan fingerprint density at radius 3 is 2.50 bits per heavy atom. The van der Waals surface area contributed by atoms with Crippen molar-refractivity contribution in [1.29, 1.82) is 5.26 Å². The van der Waals surface area contributed by atoms with Crippen molar-refractivity contribution >= 4 is 21.9 Å². The van der Waals surface area contributed by atoms with E-state index in [1.165, 1.54) is 12.1 Å². The van der Waals surface area contributed by atoms with Gasteiger partial charge in [-0.15, -0.1) is 0 Å². The van der Waals surface area contributed by atoms with Gasteiger partial charge in [-0.1, -0.05) is 15.9 Å². The third-order valence-corrected chi connectivity index (χ3v) is 2.81. The van der Waals surface area contributed by atoms with Crippen molar-refractivity contribution in [2.45, 2.75) is 11.5 Å². The van der Waals surface area contributed by atoms with E-state index in [-0.39, 0.29) is 16.5 Å². The minimum atomic E-state index is -4.70. The molecule has 0 heterocycles. The molecule has 7 heteroatoms. The van der Waals surface area contributed by atoms with Crippen LogP contribution in [0.3, 0.4) is 0 Å². The molecule has 0 unspecified atom stereocenters. The van der Waals surface area contributed by atoms with E-state index >= 15 is 0 Å². The highest BCUT2D eigenvalue weighted by atomic mass is 79.9. The van der Waals surface area contributed by atoms with E-state index in [2.05, 4.69) is 20.7 Å². The van der Waals surface area contributed by atoms with Gasteiger partial charge in [-0.2, -0.15) is 18.4 Å². The number of nitriles is 1. The largest absolute Gasteiger partial charge is 0.465 e. The number of halogens is 4. The predicted molar refractivity (Wildman–Crippen MR) is 60.1 cm³/mol. The van der Waals surface area contributed by atoms with Crippen molar-refractivity contribution in [2.24, 2.45) is 0 Å². The number of ether oxygens (including phenoxy) is 1. The fourth-order valence-corrected chi connectivity index (χ4v) is 1.84. The molecule has 1 aromatic carbocycles. The van der Waals surface area contributed by atoms with E-state index in [0.29, 0.717) is 6.07 Å². The topological polar surface area (TPSA) is 50.1 Å². The molecule has 0 bridgehead atoms. The molecular weight excluding hydrogens is 315 g/mol. The van der Waals surface area contributed by atoms with E-state index in [1.54, 1.807) is 0 Å². The number of esters is 1. The fourth-order valence-electron chi connectivity index (χ4n) is 1.40. The van der Waals surface area contributed by atoms with E-state index < -0.39 is 23.3 Å². The molecule has 0 N–H and O–H groups in total. The Morgan fingerprint density at radius 1 is 1.50 bits per heavy atom. The Balaban J connectivity index is 3.57. The van der Waals surface area contributed by atoms with Gasteiger partial charge in [0.05, 0.1) is 23.8 Å². The second-order valence-electron chi connectivity index (χ2n) is 3.29. The van der Waals surface area contributed by atoms with Crippen LogP contribution in [-0.2, 0) is 16.2 Å². The molecule has 0 aliphatic carbocycles. The number of rotatable bonds is 2. The standard InChI is InChI=1S/C11H7BrF3NO2/c1-18-10(17)6-2-7(4-12)8(5-16)9(3-6)11(13,14)15/h2-3H,4H2,1H3. The van der Waals surface area contributed by atoms with Gasteiger partial charge in [0.25, 0.3) is 0 Å². The van der Waals surface area contributed by atoms with Gasteiger partial charge in [0.2, 0.25) is 0 Å². The molecule has 0 radical (unpaired) electrons. The van der Waals surface area contributed by atoms with Crippen LogP contribution in [0.15, 0.2) is 12.1 Å². The third-order valence-electron chi connectivity index (χ3n) is 2.20. The first-order valence-corrected chi connectivity index (χ1v) is 5.75. The molecule has 0 saturated carbocycles. The van der Waals surface area contributed by atoms with Gasteiger partial charge in [-0.05, 0) is 17.7 Å². The van der Waals surface area contributed by atoms with Crippen LogP contribution in [0.5, 0.6) is 0 Å². The highest BCUT2D eigenvalue weighted by Gasteiger charge is 2.35. The van der Waals surface area contributed by atoms with Gasteiger partial charge in [-0.3, -0.25) is 0 Å². The van der Waals surface area contributed by atoms with E-state index in [9.17, 15) is 18.0 Å². The quantitative estimate of drug-likeness (QED) is 0.620. The van der Waals surface area contributed by atoms with Crippen LogP contribution in [-0.4, -0.2) is 13.1 Å². The zero-order chi connectivity index (χ0) is 13.9. The maximum absolute atomic E-state index is 12.8. The Labute approximate surface area is 109 Å². The summed E-state index contributed by atoms with van der Waals surface area (Å²) >= 11 is 2.98. The van der Waals surface area contributed by atoms with Crippen LogP contribution < -0.4 is 0 Å². The zero-order valence-corrected chi connectivity index (χ0v) is 10.7. The summed E-state index contributed by atoms with van der Waals surface area (Å²) in [7, 11) is 1.07. The van der Waals surface area contributed by atoms with Gasteiger partial charge in [0.15, 0.2) is 0 Å². The normalized spacial score (nSPS) is 10.9. The van der Waals surface area contributed by atoms with Gasteiger partial charge < -0.3 is 4.74 Å². The molecule has 3 nitrogen and oxygen atoms in total. The molecule has 18 heavy (non-hydrogen) atoms. The molecule has 0 atom stereocenters. The number of alkyl halides is 4. The van der Waals surface area contributed by atoms with Crippen molar-refractivity contribution in [3.63, 3.8) is 0 Å². The molecule has 0 saturated heterocycles. The molecule has 96 valence electrons. The average molecular weight is 322 g/mol. The predicted octanol–water partition coefficient (Wildman–Crippen LogP) is 3.26. The molecule has 0 aliphatic heterocycles. The summed E-state index contributed by atoms with van der Waals surface area (Å²) < 4.78 is 42.7. The lowest BCUT2D eigenvalue weighted by atomic mass is 9.99. The van der Waals surface area contributed by atoms with E-state index in [0.717, 1.165) is 7.11 Å². The van der Waals surface area contributed by atoms with Gasteiger partial charge in [-0.25, -0.2) is 4.79 Å². The first-order valence-electron chi connectivity index (χ1n) is 4.63. The maximum Gasteiger partial charge on any atom is 0.417 e. The lowest BCUT2D eigenvalue weighted by Gasteiger charge is -2.13. The molecule has 0 aliphatic rings. The first kappa shape index (κ1) is 14.5. The lowest BCUT2D eigenvalue weighted by Crippen LogP contribution is -2.13. The van der Waals surface area contributed by atoms with E-state index in [4.69, 9.17) is 5.26 Å². The van der Waals surface area contributed by atoms with Crippen LogP contribution >= 0.6 is 15.9 Å². The van der Waals surface area contributed by atoms with Crippen molar-refractivity contribution in [3.8, 4) is 6.07 Å². The van der Waals surface area contributed by atoms with E-state index in [1.807, 2.05) is 0 Å². The van der Waals surface area contributed by atoms with Crippen molar-refractivity contribution in [1.82, 2.24) is 0 Å². The Bertz CT molecular complexity index is 520. The lowest BCUT2D eigenvalue weighted by molar-refractivity contribution is -0.137. The summed E-state index contributed by atoms with van der Waals surface area (Å²) in [6.45, 7) is 0. The van der Waals surface area contributed by atoms with Crippen LogP contribution in [0.4, 0.5) is 13.2 Å². The smallest absolute Gasteiger partial charge is 0.417 e. The zero-order valence-electron chi connectivity index (χ0n) is 9.14. The number of carbonyl (C=O) groups excluding carboxylic acids is 1. The monoisotopic (exact) mass is 321 g/mol. The third kappa shape index (κ3) is 2.82. The number of hydrogen-bond acceptors (Lipinski definition) is 3. The molecule has 0 aromatic heterocycles. The number of hydrogen-bond donors (Lipinski definition) is 0. The van der Waals surface area contributed by atoms with Gasteiger partial charge >= 0.3 is 12.1 Å². The highest BCUT2D eigenvalue weighted by Crippen LogP contribution is 2.34. The number of methoxy groups -OCH3 is 1. The van der Waals surface area contributed by atoms with Crippen LogP contribution in [0, 0.1) is 11.3 Å². The van der Waals surface area contributed by atoms with Crippen LogP contribution in [0.25, 0.3) is 0 Å². The second-order valence-corrected chi connectivity index (χ2v) is 3.85. The summed E-state index contributed by atoms with van der Waals surface area (Å²) in [5.74, 6) is -0.882. The van der Waals surface area contributed by atoms with Crippen LogP contribution in [0.1, 0.15) is 27.0 Å². The number of nitrogens with zero attached hydrogens (tertiary/aromatic N) is 1. The average Bonchev–Trinajstić information content (AvgIpc) is 2.34. The molecule has 1 aromatic rings. The number of benzene rings is 1.